The standard InChI is InChI=1S/C10H14N6/c1-8(9-5-11-3-4-12-9)13-6-10-14-7-16(2)15-10/h3-5,7-8,13H,6H2,1-2H3. The van der Waals surface area contributed by atoms with Crippen LogP contribution in [0.15, 0.2) is 24.9 Å². The Kier molecular flexibility index (Phi) is 3.21. The fourth-order valence-electron chi connectivity index (χ4n) is 1.35. The fraction of sp³-hybridized carbons (Fsp3) is 0.400. The number of nitrogens with one attached hydrogen (secondary N) is 1. The molecule has 2 rings (SSSR count). The molecular weight excluding hydrogens is 204 g/mol. The summed E-state index contributed by atoms with van der Waals surface area (Å²) in [5, 5.41) is 7.47. The second-order valence-corrected chi connectivity index (χ2v) is 3.57. The van der Waals surface area contributed by atoms with Crippen molar-refractivity contribution in [1.82, 2.24) is 30.0 Å². The first-order valence-electron chi connectivity index (χ1n) is 5.09. The molecule has 0 saturated carbocycles. The van der Waals surface area contributed by atoms with E-state index >= 15 is 0 Å². The van der Waals surface area contributed by atoms with E-state index in [0.29, 0.717) is 6.54 Å². The normalized spacial score (nSPS) is 12.6. The topological polar surface area (TPSA) is 68.5 Å². The van der Waals surface area contributed by atoms with Crippen molar-refractivity contribution in [3.8, 4) is 0 Å². The lowest BCUT2D eigenvalue weighted by atomic mass is 10.2. The minimum absolute atomic E-state index is 0.137. The van der Waals surface area contributed by atoms with Crippen LogP contribution in [0, 0.1) is 0 Å². The van der Waals surface area contributed by atoms with Gasteiger partial charge in [-0.05, 0) is 6.92 Å². The Balaban J connectivity index is 1.91. The number of aromatic nitrogens is 5. The lowest BCUT2D eigenvalue weighted by molar-refractivity contribution is 0.543. The Labute approximate surface area is 93.8 Å². The lowest BCUT2D eigenvalue weighted by Crippen LogP contribution is -2.20. The van der Waals surface area contributed by atoms with Gasteiger partial charge in [-0.3, -0.25) is 14.6 Å². The van der Waals surface area contributed by atoms with Crippen molar-refractivity contribution in [2.75, 3.05) is 0 Å². The molecular formula is C10H14N6. The molecule has 0 aromatic carbocycles. The molecule has 1 unspecified atom stereocenters. The smallest absolute Gasteiger partial charge is 0.164 e. The Morgan fingerprint density at radius 2 is 2.25 bits per heavy atom. The molecule has 6 heteroatoms. The van der Waals surface area contributed by atoms with Gasteiger partial charge in [-0.15, -0.1) is 0 Å². The molecule has 1 atom stereocenters. The first-order chi connectivity index (χ1) is 7.75. The Morgan fingerprint density at radius 1 is 1.38 bits per heavy atom. The lowest BCUT2D eigenvalue weighted by Gasteiger charge is -2.10. The molecule has 0 bridgehead atoms. The summed E-state index contributed by atoms with van der Waals surface area (Å²) in [4.78, 5) is 12.4. The highest BCUT2D eigenvalue weighted by atomic mass is 15.3. The van der Waals surface area contributed by atoms with Crippen LogP contribution in [0.1, 0.15) is 24.5 Å². The predicted molar refractivity (Wildman–Crippen MR) is 58.3 cm³/mol. The van der Waals surface area contributed by atoms with Crippen LogP contribution in [-0.4, -0.2) is 24.7 Å². The first kappa shape index (κ1) is 10.7. The van der Waals surface area contributed by atoms with Gasteiger partial charge in [0, 0.05) is 31.7 Å². The molecule has 1 N–H and O–H groups in total. The van der Waals surface area contributed by atoms with Crippen molar-refractivity contribution < 1.29 is 0 Å². The molecule has 2 aromatic rings. The van der Waals surface area contributed by atoms with Crippen LogP contribution < -0.4 is 5.32 Å². The number of hydrogen-bond acceptors (Lipinski definition) is 5. The molecule has 0 aliphatic carbocycles. The van der Waals surface area contributed by atoms with Gasteiger partial charge < -0.3 is 5.32 Å². The van der Waals surface area contributed by atoms with Crippen molar-refractivity contribution in [2.45, 2.75) is 19.5 Å². The van der Waals surface area contributed by atoms with Gasteiger partial charge >= 0.3 is 0 Å². The third kappa shape index (κ3) is 2.60. The van der Waals surface area contributed by atoms with Crippen LogP contribution >= 0.6 is 0 Å². The summed E-state index contributed by atoms with van der Waals surface area (Å²) in [6.45, 7) is 2.66. The summed E-state index contributed by atoms with van der Waals surface area (Å²) in [5.74, 6) is 0.776. The van der Waals surface area contributed by atoms with Crippen molar-refractivity contribution in [1.29, 1.82) is 0 Å². The Morgan fingerprint density at radius 3 is 2.88 bits per heavy atom. The molecule has 0 spiro atoms. The molecule has 2 heterocycles. The average molecular weight is 218 g/mol. The van der Waals surface area contributed by atoms with Crippen molar-refractivity contribution in [2.24, 2.45) is 7.05 Å². The minimum Gasteiger partial charge on any atom is -0.302 e. The van der Waals surface area contributed by atoms with Gasteiger partial charge in [-0.25, -0.2) is 4.98 Å². The van der Waals surface area contributed by atoms with Crippen LogP contribution in [0.5, 0.6) is 0 Å². The second-order valence-electron chi connectivity index (χ2n) is 3.57. The maximum atomic E-state index is 4.23. The molecule has 16 heavy (non-hydrogen) atoms. The van der Waals surface area contributed by atoms with E-state index in [4.69, 9.17) is 0 Å². The first-order valence-corrected chi connectivity index (χ1v) is 5.09. The van der Waals surface area contributed by atoms with Gasteiger partial charge in [0.1, 0.15) is 6.33 Å². The molecule has 0 amide bonds. The third-order valence-electron chi connectivity index (χ3n) is 2.24. The summed E-state index contributed by atoms with van der Waals surface area (Å²) in [6.07, 6.45) is 6.79. The average Bonchev–Trinajstić information content (AvgIpc) is 2.73. The maximum absolute atomic E-state index is 4.23. The quantitative estimate of drug-likeness (QED) is 0.807. The van der Waals surface area contributed by atoms with E-state index in [1.807, 2.05) is 14.0 Å². The van der Waals surface area contributed by atoms with E-state index in [9.17, 15) is 0 Å². The van der Waals surface area contributed by atoms with Crippen molar-refractivity contribution in [3.63, 3.8) is 0 Å². The molecule has 0 fully saturated rings. The molecule has 0 aliphatic rings. The van der Waals surface area contributed by atoms with Crippen molar-refractivity contribution >= 4 is 0 Å². The fourth-order valence-corrected chi connectivity index (χ4v) is 1.35. The van der Waals surface area contributed by atoms with Gasteiger partial charge in [-0.2, -0.15) is 5.10 Å². The summed E-state index contributed by atoms with van der Waals surface area (Å²) < 4.78 is 1.68. The van der Waals surface area contributed by atoms with Crippen molar-refractivity contribution in [3.05, 3.63) is 36.4 Å². The largest absolute Gasteiger partial charge is 0.302 e. The molecule has 0 saturated heterocycles. The second kappa shape index (κ2) is 4.80. The molecule has 2 aromatic heterocycles. The Hall–Kier alpha value is -1.82. The number of hydrogen-bond donors (Lipinski definition) is 1. The zero-order valence-electron chi connectivity index (χ0n) is 9.33. The molecule has 6 nitrogen and oxygen atoms in total. The highest BCUT2D eigenvalue weighted by Crippen LogP contribution is 2.06. The van der Waals surface area contributed by atoms with Gasteiger partial charge in [0.05, 0.1) is 12.2 Å². The van der Waals surface area contributed by atoms with E-state index < -0.39 is 0 Å². The summed E-state index contributed by atoms with van der Waals surface area (Å²) in [6, 6.07) is 0.137. The molecule has 84 valence electrons. The molecule has 0 aliphatic heterocycles. The maximum Gasteiger partial charge on any atom is 0.164 e. The van der Waals surface area contributed by atoms with Gasteiger partial charge in [0.25, 0.3) is 0 Å². The van der Waals surface area contributed by atoms with Crippen LogP contribution in [-0.2, 0) is 13.6 Å². The SMILES string of the molecule is CC(NCc1ncn(C)n1)c1cnccn1. The molecule has 0 radical (unpaired) electrons. The Bertz CT molecular complexity index is 438. The van der Waals surface area contributed by atoms with E-state index in [1.54, 1.807) is 29.6 Å². The number of rotatable bonds is 4. The van der Waals surface area contributed by atoms with Crippen LogP contribution in [0.2, 0.25) is 0 Å². The number of aryl methyl sites for hydroxylation is 1. The third-order valence-corrected chi connectivity index (χ3v) is 2.24. The van der Waals surface area contributed by atoms with Gasteiger partial charge in [0.2, 0.25) is 0 Å². The van der Waals surface area contributed by atoms with E-state index in [0.717, 1.165) is 11.5 Å². The monoisotopic (exact) mass is 218 g/mol. The van der Waals surface area contributed by atoms with E-state index in [-0.39, 0.29) is 6.04 Å². The highest BCUT2D eigenvalue weighted by molar-refractivity contribution is 5.00. The highest BCUT2D eigenvalue weighted by Gasteiger charge is 2.07. The minimum atomic E-state index is 0.137. The van der Waals surface area contributed by atoms with Crippen LogP contribution in [0.25, 0.3) is 0 Å². The summed E-state index contributed by atoms with van der Waals surface area (Å²) in [5.41, 5.74) is 0.915. The number of nitrogens with zero attached hydrogens (tertiary/aromatic N) is 5. The zero-order chi connectivity index (χ0) is 11.4. The van der Waals surface area contributed by atoms with E-state index in [1.165, 1.54) is 0 Å². The van der Waals surface area contributed by atoms with Crippen LogP contribution in [0.3, 0.4) is 0 Å². The van der Waals surface area contributed by atoms with E-state index in [2.05, 4.69) is 25.4 Å². The van der Waals surface area contributed by atoms with Crippen LogP contribution in [0.4, 0.5) is 0 Å². The zero-order valence-corrected chi connectivity index (χ0v) is 9.33. The predicted octanol–water partition coefficient (Wildman–Crippen LogP) is 0.456. The summed E-state index contributed by atoms with van der Waals surface area (Å²) >= 11 is 0. The summed E-state index contributed by atoms with van der Waals surface area (Å²) in [7, 11) is 1.85. The van der Waals surface area contributed by atoms with Gasteiger partial charge in [0.15, 0.2) is 5.82 Å². The van der Waals surface area contributed by atoms with Gasteiger partial charge in [-0.1, -0.05) is 0 Å².